The van der Waals surface area contributed by atoms with Gasteiger partial charge in [0.15, 0.2) is 0 Å². The third-order valence-electron chi connectivity index (χ3n) is 4.92. The molecule has 0 N–H and O–H groups in total. The predicted octanol–water partition coefficient (Wildman–Crippen LogP) is 3.44. The molecule has 1 aromatic rings. The molecular formula is C17H25ClN2. The van der Waals surface area contributed by atoms with Crippen molar-refractivity contribution in [2.24, 2.45) is 0 Å². The van der Waals surface area contributed by atoms with Crippen molar-refractivity contribution in [3.63, 3.8) is 0 Å². The van der Waals surface area contributed by atoms with Crippen LogP contribution >= 0.6 is 11.6 Å². The van der Waals surface area contributed by atoms with Gasteiger partial charge in [0.2, 0.25) is 0 Å². The van der Waals surface area contributed by atoms with E-state index in [0.29, 0.717) is 6.04 Å². The van der Waals surface area contributed by atoms with Gasteiger partial charge in [0.1, 0.15) is 0 Å². The Morgan fingerprint density at radius 2 is 1.95 bits per heavy atom. The highest BCUT2D eigenvalue weighted by atomic mass is 35.5. The smallest absolute Gasteiger partial charge is 0.0406 e. The lowest BCUT2D eigenvalue weighted by Crippen LogP contribution is -2.58. The van der Waals surface area contributed by atoms with Crippen molar-refractivity contribution in [3.05, 3.63) is 34.9 Å². The van der Waals surface area contributed by atoms with Crippen molar-refractivity contribution in [2.45, 2.75) is 44.7 Å². The van der Waals surface area contributed by atoms with Gasteiger partial charge in [0.25, 0.3) is 0 Å². The third kappa shape index (κ3) is 3.36. The SMILES string of the molecule is CC1CN2CCCCC2CN1CCc1ccc(Cl)cc1. The highest BCUT2D eigenvalue weighted by Crippen LogP contribution is 2.24. The van der Waals surface area contributed by atoms with Gasteiger partial charge in [-0.2, -0.15) is 0 Å². The normalized spacial score (nSPS) is 28.3. The largest absolute Gasteiger partial charge is 0.298 e. The maximum Gasteiger partial charge on any atom is 0.0406 e. The monoisotopic (exact) mass is 292 g/mol. The molecule has 0 radical (unpaired) electrons. The van der Waals surface area contributed by atoms with Crippen LogP contribution in [0.25, 0.3) is 0 Å². The van der Waals surface area contributed by atoms with Crippen LogP contribution in [0.5, 0.6) is 0 Å². The van der Waals surface area contributed by atoms with Gasteiger partial charge in [0, 0.05) is 36.7 Å². The van der Waals surface area contributed by atoms with Crippen molar-refractivity contribution in [2.75, 3.05) is 26.2 Å². The third-order valence-corrected chi connectivity index (χ3v) is 5.17. The Balaban J connectivity index is 1.55. The minimum Gasteiger partial charge on any atom is -0.298 e. The van der Waals surface area contributed by atoms with Gasteiger partial charge in [-0.05, 0) is 50.4 Å². The molecule has 2 saturated heterocycles. The first-order chi connectivity index (χ1) is 9.72. The van der Waals surface area contributed by atoms with Crippen LogP contribution < -0.4 is 0 Å². The number of hydrogen-bond acceptors (Lipinski definition) is 2. The first-order valence-corrected chi connectivity index (χ1v) is 8.33. The summed E-state index contributed by atoms with van der Waals surface area (Å²) in [5.74, 6) is 0. The standard InChI is InChI=1S/C17H25ClN2/c1-14-12-20-10-3-2-4-17(20)13-19(14)11-9-15-5-7-16(18)8-6-15/h5-8,14,17H,2-4,9-13H2,1H3. The molecule has 2 unspecified atom stereocenters. The summed E-state index contributed by atoms with van der Waals surface area (Å²) in [7, 11) is 0. The summed E-state index contributed by atoms with van der Waals surface area (Å²) in [4.78, 5) is 5.40. The Morgan fingerprint density at radius 1 is 1.15 bits per heavy atom. The minimum atomic E-state index is 0.691. The lowest BCUT2D eigenvalue weighted by molar-refractivity contribution is 0.0160. The van der Waals surface area contributed by atoms with E-state index in [2.05, 4.69) is 28.9 Å². The molecule has 2 atom stereocenters. The Bertz CT molecular complexity index is 431. The van der Waals surface area contributed by atoms with Crippen molar-refractivity contribution in [1.29, 1.82) is 0 Å². The van der Waals surface area contributed by atoms with Crippen LogP contribution in [0.4, 0.5) is 0 Å². The number of halogens is 1. The number of fused-ring (bicyclic) bond motifs is 1. The van der Waals surface area contributed by atoms with Gasteiger partial charge < -0.3 is 0 Å². The van der Waals surface area contributed by atoms with E-state index in [4.69, 9.17) is 11.6 Å². The number of nitrogens with zero attached hydrogens (tertiary/aromatic N) is 2. The van der Waals surface area contributed by atoms with Crippen LogP contribution in [0.3, 0.4) is 0 Å². The molecule has 2 nitrogen and oxygen atoms in total. The predicted molar refractivity (Wildman–Crippen MR) is 85.4 cm³/mol. The first kappa shape index (κ1) is 14.4. The van der Waals surface area contributed by atoms with E-state index >= 15 is 0 Å². The Kier molecular flexibility index (Phi) is 4.65. The summed E-state index contributed by atoms with van der Waals surface area (Å²) < 4.78 is 0. The Morgan fingerprint density at radius 3 is 2.75 bits per heavy atom. The number of benzene rings is 1. The number of hydrogen-bond donors (Lipinski definition) is 0. The molecule has 0 amide bonds. The fourth-order valence-electron chi connectivity index (χ4n) is 3.65. The summed E-state index contributed by atoms with van der Waals surface area (Å²) in [6.07, 6.45) is 5.34. The molecule has 2 heterocycles. The van der Waals surface area contributed by atoms with Crippen LogP contribution in [0.15, 0.2) is 24.3 Å². The highest BCUT2D eigenvalue weighted by molar-refractivity contribution is 6.30. The lowest BCUT2D eigenvalue weighted by Gasteiger charge is -2.47. The molecule has 0 aromatic heterocycles. The second-order valence-electron chi connectivity index (χ2n) is 6.36. The van der Waals surface area contributed by atoms with E-state index < -0.39 is 0 Å². The van der Waals surface area contributed by atoms with E-state index in [-0.39, 0.29) is 0 Å². The highest BCUT2D eigenvalue weighted by Gasteiger charge is 2.32. The van der Waals surface area contributed by atoms with Gasteiger partial charge in [-0.25, -0.2) is 0 Å². The number of piperidine rings is 1. The molecule has 0 spiro atoms. The second kappa shape index (κ2) is 6.46. The van der Waals surface area contributed by atoms with Gasteiger partial charge in [-0.1, -0.05) is 30.2 Å². The Hall–Kier alpha value is -0.570. The average molecular weight is 293 g/mol. The van der Waals surface area contributed by atoms with Gasteiger partial charge >= 0.3 is 0 Å². The molecule has 2 aliphatic heterocycles. The maximum atomic E-state index is 5.94. The van der Waals surface area contributed by atoms with Crippen molar-refractivity contribution < 1.29 is 0 Å². The molecule has 0 saturated carbocycles. The van der Waals surface area contributed by atoms with E-state index in [9.17, 15) is 0 Å². The molecule has 110 valence electrons. The maximum absolute atomic E-state index is 5.94. The van der Waals surface area contributed by atoms with Crippen LogP contribution in [0.1, 0.15) is 31.7 Å². The van der Waals surface area contributed by atoms with Crippen LogP contribution in [-0.4, -0.2) is 48.1 Å². The van der Waals surface area contributed by atoms with E-state index in [0.717, 1.165) is 17.5 Å². The molecule has 0 aliphatic carbocycles. The molecule has 2 fully saturated rings. The van der Waals surface area contributed by atoms with Crippen molar-refractivity contribution in [1.82, 2.24) is 9.80 Å². The molecule has 2 aliphatic rings. The van der Waals surface area contributed by atoms with E-state index in [1.54, 1.807) is 0 Å². The van der Waals surface area contributed by atoms with Gasteiger partial charge in [-0.15, -0.1) is 0 Å². The topological polar surface area (TPSA) is 6.48 Å². The number of piperazine rings is 1. The zero-order valence-corrected chi connectivity index (χ0v) is 13.1. The zero-order valence-electron chi connectivity index (χ0n) is 12.4. The molecule has 3 rings (SSSR count). The van der Waals surface area contributed by atoms with E-state index in [1.807, 2.05) is 12.1 Å². The summed E-state index contributed by atoms with van der Waals surface area (Å²) in [6, 6.07) is 9.81. The lowest BCUT2D eigenvalue weighted by atomic mass is 9.97. The van der Waals surface area contributed by atoms with E-state index in [1.165, 1.54) is 51.0 Å². The van der Waals surface area contributed by atoms with Gasteiger partial charge in [-0.3, -0.25) is 9.80 Å². The summed E-state index contributed by atoms with van der Waals surface area (Å²) >= 11 is 5.94. The quantitative estimate of drug-likeness (QED) is 0.842. The minimum absolute atomic E-state index is 0.691. The number of rotatable bonds is 3. The van der Waals surface area contributed by atoms with Crippen LogP contribution in [-0.2, 0) is 6.42 Å². The van der Waals surface area contributed by atoms with Gasteiger partial charge in [0.05, 0.1) is 0 Å². The zero-order chi connectivity index (χ0) is 13.9. The van der Waals surface area contributed by atoms with Crippen molar-refractivity contribution >= 4 is 11.6 Å². The molecular weight excluding hydrogens is 268 g/mol. The molecule has 0 bridgehead atoms. The van der Waals surface area contributed by atoms with Crippen molar-refractivity contribution in [3.8, 4) is 0 Å². The van der Waals surface area contributed by atoms with Crippen LogP contribution in [0, 0.1) is 0 Å². The fourth-order valence-corrected chi connectivity index (χ4v) is 3.77. The molecule has 3 heteroatoms. The average Bonchev–Trinajstić information content (AvgIpc) is 2.47. The molecule has 20 heavy (non-hydrogen) atoms. The Labute approximate surface area is 127 Å². The summed E-state index contributed by atoms with van der Waals surface area (Å²) in [5, 5.41) is 0.831. The second-order valence-corrected chi connectivity index (χ2v) is 6.80. The summed E-state index contributed by atoms with van der Waals surface area (Å²) in [6.45, 7) is 7.39. The van der Waals surface area contributed by atoms with Crippen LogP contribution in [0.2, 0.25) is 5.02 Å². The first-order valence-electron chi connectivity index (χ1n) is 7.95. The molecule has 1 aromatic carbocycles. The fraction of sp³-hybridized carbons (Fsp3) is 0.647. The summed E-state index contributed by atoms with van der Waals surface area (Å²) in [5.41, 5.74) is 1.40.